The predicted molar refractivity (Wildman–Crippen MR) is 93.0 cm³/mol. The van der Waals surface area contributed by atoms with Gasteiger partial charge in [0, 0.05) is 38.2 Å². The lowest BCUT2D eigenvalue weighted by molar-refractivity contribution is -0.131. The lowest BCUT2D eigenvalue weighted by atomic mass is 9.80. The minimum Gasteiger partial charge on any atom is -0.370 e. The van der Waals surface area contributed by atoms with Gasteiger partial charge in [0.2, 0.25) is 5.91 Å². The van der Waals surface area contributed by atoms with Crippen LogP contribution in [0.25, 0.3) is 0 Å². The van der Waals surface area contributed by atoms with E-state index in [0.29, 0.717) is 12.5 Å². The first-order valence-electron chi connectivity index (χ1n) is 8.75. The average Bonchev–Trinajstić information content (AvgIpc) is 3.05. The molecule has 2 aliphatic heterocycles. The smallest absolute Gasteiger partial charge is 0.268 e. The number of anilines is 1. The van der Waals surface area contributed by atoms with E-state index in [0.717, 1.165) is 51.1 Å². The van der Waals surface area contributed by atoms with Crippen molar-refractivity contribution in [2.75, 3.05) is 37.6 Å². The quantitative estimate of drug-likeness (QED) is 0.818. The molecule has 24 heavy (non-hydrogen) atoms. The number of piperidine rings is 1. The van der Waals surface area contributed by atoms with E-state index in [1.807, 2.05) is 0 Å². The maximum atomic E-state index is 12.5. The molecular formula is C17H27N5O2. The van der Waals surface area contributed by atoms with Crippen molar-refractivity contribution in [3.63, 3.8) is 0 Å². The third kappa shape index (κ3) is 3.61. The molecule has 0 radical (unpaired) electrons. The highest BCUT2D eigenvalue weighted by Gasteiger charge is 2.35. The van der Waals surface area contributed by atoms with Gasteiger partial charge in [-0.2, -0.15) is 5.10 Å². The first-order valence-corrected chi connectivity index (χ1v) is 8.75. The molecule has 1 unspecified atom stereocenters. The van der Waals surface area contributed by atoms with Crippen molar-refractivity contribution in [2.45, 2.75) is 26.2 Å². The SMILES string of the molecule is Cn1ncc(N2CCC(CNC(=O)C3(C)CCNCC3)C2)cc1=O. The van der Waals surface area contributed by atoms with Crippen molar-refractivity contribution in [1.29, 1.82) is 0 Å². The summed E-state index contributed by atoms with van der Waals surface area (Å²) in [7, 11) is 1.65. The highest BCUT2D eigenvalue weighted by atomic mass is 16.2. The van der Waals surface area contributed by atoms with Gasteiger partial charge in [-0.25, -0.2) is 4.68 Å². The zero-order valence-corrected chi connectivity index (χ0v) is 14.5. The maximum Gasteiger partial charge on any atom is 0.268 e. The summed E-state index contributed by atoms with van der Waals surface area (Å²) in [6.45, 7) is 6.35. The molecule has 7 nitrogen and oxygen atoms in total. The molecule has 7 heteroatoms. The van der Waals surface area contributed by atoms with E-state index in [1.165, 1.54) is 4.68 Å². The lowest BCUT2D eigenvalue weighted by Gasteiger charge is -2.32. The summed E-state index contributed by atoms with van der Waals surface area (Å²) >= 11 is 0. The van der Waals surface area contributed by atoms with Gasteiger partial charge in [-0.1, -0.05) is 6.92 Å². The Kier molecular flexibility index (Phi) is 4.89. The molecule has 1 amide bonds. The summed E-state index contributed by atoms with van der Waals surface area (Å²) < 4.78 is 1.33. The molecule has 0 bridgehead atoms. The van der Waals surface area contributed by atoms with Gasteiger partial charge < -0.3 is 15.5 Å². The van der Waals surface area contributed by atoms with E-state index < -0.39 is 0 Å². The van der Waals surface area contributed by atoms with Gasteiger partial charge in [-0.15, -0.1) is 0 Å². The van der Waals surface area contributed by atoms with Crippen molar-refractivity contribution in [3.8, 4) is 0 Å². The fraction of sp³-hybridized carbons (Fsp3) is 0.706. The number of nitrogens with one attached hydrogen (secondary N) is 2. The van der Waals surface area contributed by atoms with Crippen LogP contribution in [0.3, 0.4) is 0 Å². The van der Waals surface area contributed by atoms with Crippen LogP contribution in [0.5, 0.6) is 0 Å². The largest absolute Gasteiger partial charge is 0.370 e. The number of carbonyl (C=O) groups excluding carboxylic acids is 1. The molecule has 2 fully saturated rings. The second kappa shape index (κ2) is 6.93. The molecule has 1 aromatic heterocycles. The molecule has 1 aromatic rings. The van der Waals surface area contributed by atoms with Crippen LogP contribution in [0.2, 0.25) is 0 Å². The molecule has 132 valence electrons. The van der Waals surface area contributed by atoms with Gasteiger partial charge in [0.25, 0.3) is 5.56 Å². The Hall–Kier alpha value is -1.89. The number of aromatic nitrogens is 2. The second-order valence-electron chi connectivity index (χ2n) is 7.30. The van der Waals surface area contributed by atoms with E-state index in [-0.39, 0.29) is 16.9 Å². The number of carbonyl (C=O) groups is 1. The van der Waals surface area contributed by atoms with Gasteiger partial charge in [0.05, 0.1) is 11.9 Å². The van der Waals surface area contributed by atoms with Crippen molar-refractivity contribution in [2.24, 2.45) is 18.4 Å². The summed E-state index contributed by atoms with van der Waals surface area (Å²) in [6, 6.07) is 1.63. The molecular weight excluding hydrogens is 306 g/mol. The van der Waals surface area contributed by atoms with E-state index in [2.05, 4.69) is 27.6 Å². The van der Waals surface area contributed by atoms with Gasteiger partial charge >= 0.3 is 0 Å². The predicted octanol–water partition coefficient (Wildman–Crippen LogP) is 0.113. The fourth-order valence-electron chi connectivity index (χ4n) is 3.52. The average molecular weight is 333 g/mol. The highest BCUT2D eigenvalue weighted by molar-refractivity contribution is 5.82. The Balaban J connectivity index is 1.52. The Morgan fingerprint density at radius 1 is 1.46 bits per heavy atom. The molecule has 2 saturated heterocycles. The molecule has 1 atom stereocenters. The molecule has 2 N–H and O–H groups in total. The summed E-state index contributed by atoms with van der Waals surface area (Å²) in [5.74, 6) is 0.598. The van der Waals surface area contributed by atoms with Crippen LogP contribution in [0.4, 0.5) is 5.69 Å². The third-order valence-corrected chi connectivity index (χ3v) is 5.41. The number of aryl methyl sites for hydroxylation is 1. The first-order chi connectivity index (χ1) is 11.5. The first kappa shape index (κ1) is 17.0. The zero-order chi connectivity index (χ0) is 17.2. The van der Waals surface area contributed by atoms with Crippen molar-refractivity contribution < 1.29 is 4.79 Å². The van der Waals surface area contributed by atoms with Crippen LogP contribution in [0, 0.1) is 11.3 Å². The highest BCUT2D eigenvalue weighted by Crippen LogP contribution is 2.28. The van der Waals surface area contributed by atoms with Crippen molar-refractivity contribution in [1.82, 2.24) is 20.4 Å². The number of hydrogen-bond acceptors (Lipinski definition) is 5. The lowest BCUT2D eigenvalue weighted by Crippen LogP contribution is -2.47. The molecule has 0 aliphatic carbocycles. The number of amides is 1. The van der Waals surface area contributed by atoms with E-state index >= 15 is 0 Å². The number of hydrogen-bond donors (Lipinski definition) is 2. The Labute approximate surface area is 142 Å². The van der Waals surface area contributed by atoms with Crippen LogP contribution in [-0.2, 0) is 11.8 Å². The van der Waals surface area contributed by atoms with Crippen LogP contribution in [0.15, 0.2) is 17.1 Å². The Morgan fingerprint density at radius 2 is 2.21 bits per heavy atom. The Bertz CT molecular complexity index is 651. The minimum absolute atomic E-state index is 0.0944. The minimum atomic E-state index is -0.237. The van der Waals surface area contributed by atoms with Crippen LogP contribution < -0.4 is 21.1 Å². The molecule has 3 rings (SSSR count). The fourth-order valence-corrected chi connectivity index (χ4v) is 3.52. The molecule has 0 spiro atoms. The van der Waals surface area contributed by atoms with Crippen LogP contribution in [-0.4, -0.2) is 48.4 Å². The van der Waals surface area contributed by atoms with E-state index in [9.17, 15) is 9.59 Å². The molecule has 3 heterocycles. The summed E-state index contributed by atoms with van der Waals surface area (Å²) in [6.07, 6.45) is 4.55. The normalized spacial score (nSPS) is 23.2. The number of nitrogens with zero attached hydrogens (tertiary/aromatic N) is 3. The van der Waals surface area contributed by atoms with Crippen molar-refractivity contribution >= 4 is 11.6 Å². The molecule has 2 aliphatic rings. The van der Waals surface area contributed by atoms with Crippen LogP contribution in [0.1, 0.15) is 26.2 Å². The topological polar surface area (TPSA) is 79.3 Å². The van der Waals surface area contributed by atoms with E-state index in [4.69, 9.17) is 0 Å². The summed E-state index contributed by atoms with van der Waals surface area (Å²) in [5.41, 5.74) is 0.541. The third-order valence-electron chi connectivity index (χ3n) is 5.41. The maximum absolute atomic E-state index is 12.5. The van der Waals surface area contributed by atoms with Gasteiger partial charge in [0.15, 0.2) is 0 Å². The van der Waals surface area contributed by atoms with Crippen LogP contribution >= 0.6 is 0 Å². The van der Waals surface area contributed by atoms with Gasteiger partial charge in [-0.05, 0) is 38.3 Å². The van der Waals surface area contributed by atoms with Crippen molar-refractivity contribution in [3.05, 3.63) is 22.6 Å². The Morgan fingerprint density at radius 3 is 2.92 bits per heavy atom. The van der Waals surface area contributed by atoms with E-state index in [1.54, 1.807) is 19.3 Å². The van der Waals surface area contributed by atoms with Gasteiger partial charge in [0.1, 0.15) is 0 Å². The second-order valence-corrected chi connectivity index (χ2v) is 7.30. The molecule has 0 saturated carbocycles. The summed E-state index contributed by atoms with van der Waals surface area (Å²) in [4.78, 5) is 26.4. The standard InChI is InChI=1S/C17H27N5O2/c1-17(4-6-18-7-5-17)16(24)19-10-13-3-8-22(12-13)14-9-15(23)21(2)20-11-14/h9,11,13,18H,3-8,10,12H2,1-2H3,(H,19,24). The summed E-state index contributed by atoms with van der Waals surface area (Å²) in [5, 5.41) is 10.5. The van der Waals surface area contributed by atoms with Gasteiger partial charge in [-0.3, -0.25) is 9.59 Å². The molecule has 0 aromatic carbocycles. The number of rotatable bonds is 4. The zero-order valence-electron chi connectivity index (χ0n) is 14.5. The monoisotopic (exact) mass is 333 g/mol.